The highest BCUT2D eigenvalue weighted by Crippen LogP contribution is 2.25. The van der Waals surface area contributed by atoms with Crippen molar-refractivity contribution in [2.24, 2.45) is 0 Å². The van der Waals surface area contributed by atoms with Crippen molar-refractivity contribution in [1.29, 1.82) is 0 Å². The van der Waals surface area contributed by atoms with Gasteiger partial charge in [0.2, 0.25) is 0 Å². The van der Waals surface area contributed by atoms with Gasteiger partial charge in [-0.1, -0.05) is 19.1 Å². The zero-order valence-corrected chi connectivity index (χ0v) is 9.28. The van der Waals surface area contributed by atoms with Gasteiger partial charge < -0.3 is 9.84 Å². The van der Waals surface area contributed by atoms with E-state index in [2.05, 4.69) is 0 Å². The van der Waals surface area contributed by atoms with Crippen LogP contribution in [0.4, 0.5) is 0 Å². The van der Waals surface area contributed by atoms with Crippen LogP contribution in [-0.4, -0.2) is 18.2 Å². The first kappa shape index (κ1) is 11.6. The number of hydrogen-bond acceptors (Lipinski definition) is 2. The van der Waals surface area contributed by atoms with Crippen LogP contribution in [0.15, 0.2) is 18.2 Å². The van der Waals surface area contributed by atoms with Crippen LogP contribution in [0, 0.1) is 6.92 Å². The lowest BCUT2D eigenvalue weighted by molar-refractivity contribution is -0.138. The Hall–Kier alpha value is -1.51. The van der Waals surface area contributed by atoms with Crippen molar-refractivity contribution in [1.82, 2.24) is 0 Å². The van der Waals surface area contributed by atoms with E-state index in [9.17, 15) is 4.79 Å². The number of methoxy groups -OCH3 is 1. The quantitative estimate of drug-likeness (QED) is 0.827. The average molecular weight is 208 g/mol. The fourth-order valence-electron chi connectivity index (χ4n) is 1.67. The van der Waals surface area contributed by atoms with E-state index in [1.807, 2.05) is 32.0 Å². The van der Waals surface area contributed by atoms with E-state index < -0.39 is 11.9 Å². The highest BCUT2D eigenvalue weighted by molar-refractivity contribution is 5.76. The van der Waals surface area contributed by atoms with Crippen LogP contribution < -0.4 is 4.74 Å². The maximum absolute atomic E-state index is 11.0. The fourth-order valence-corrected chi connectivity index (χ4v) is 1.67. The molecule has 0 aliphatic rings. The number of ether oxygens (including phenoxy) is 1. The second-order valence-corrected chi connectivity index (χ2v) is 3.53. The number of rotatable bonds is 4. The molecule has 0 amide bonds. The summed E-state index contributed by atoms with van der Waals surface area (Å²) in [5, 5.41) is 9.01. The lowest BCUT2D eigenvalue weighted by atomic mass is 9.95. The van der Waals surface area contributed by atoms with Crippen molar-refractivity contribution < 1.29 is 14.6 Å². The van der Waals surface area contributed by atoms with E-state index in [4.69, 9.17) is 9.84 Å². The molecule has 1 aromatic carbocycles. The lowest BCUT2D eigenvalue weighted by Crippen LogP contribution is -2.10. The standard InChI is InChI=1S/C12H16O3/c1-4-10(12(13)14)9-5-6-11(15-3)8(2)7-9/h5-7,10H,4H2,1-3H3,(H,13,14). The van der Waals surface area contributed by atoms with Crippen molar-refractivity contribution in [3.63, 3.8) is 0 Å². The number of aryl methyl sites for hydroxylation is 1. The predicted octanol–water partition coefficient (Wildman–Crippen LogP) is 2.58. The molecule has 1 unspecified atom stereocenters. The maximum Gasteiger partial charge on any atom is 0.310 e. The Morgan fingerprint density at radius 2 is 2.20 bits per heavy atom. The van der Waals surface area contributed by atoms with Gasteiger partial charge in [-0.3, -0.25) is 4.79 Å². The molecular formula is C12H16O3. The zero-order valence-electron chi connectivity index (χ0n) is 9.28. The molecule has 1 aromatic rings. The predicted molar refractivity (Wildman–Crippen MR) is 58.4 cm³/mol. The van der Waals surface area contributed by atoms with Crippen molar-refractivity contribution in [2.45, 2.75) is 26.2 Å². The molecule has 0 fully saturated rings. The van der Waals surface area contributed by atoms with Gasteiger partial charge in [0.25, 0.3) is 0 Å². The molecule has 1 atom stereocenters. The molecule has 0 spiro atoms. The van der Waals surface area contributed by atoms with E-state index >= 15 is 0 Å². The van der Waals surface area contributed by atoms with E-state index in [1.54, 1.807) is 7.11 Å². The first-order chi connectivity index (χ1) is 7.10. The summed E-state index contributed by atoms with van der Waals surface area (Å²) in [5.74, 6) is -0.407. The highest BCUT2D eigenvalue weighted by Gasteiger charge is 2.17. The number of carboxylic acids is 1. The topological polar surface area (TPSA) is 46.5 Å². The number of benzene rings is 1. The molecule has 1 rings (SSSR count). The lowest BCUT2D eigenvalue weighted by Gasteiger charge is -2.12. The second-order valence-electron chi connectivity index (χ2n) is 3.53. The van der Waals surface area contributed by atoms with Crippen LogP contribution in [0.2, 0.25) is 0 Å². The molecule has 1 N–H and O–H groups in total. The monoisotopic (exact) mass is 208 g/mol. The summed E-state index contributed by atoms with van der Waals surface area (Å²) >= 11 is 0. The Morgan fingerprint density at radius 3 is 2.60 bits per heavy atom. The first-order valence-corrected chi connectivity index (χ1v) is 4.97. The van der Waals surface area contributed by atoms with Gasteiger partial charge in [0, 0.05) is 0 Å². The van der Waals surface area contributed by atoms with Crippen LogP contribution in [0.5, 0.6) is 5.75 Å². The normalized spacial score (nSPS) is 12.2. The Balaban J connectivity index is 3.05. The van der Waals surface area contributed by atoms with Crippen LogP contribution in [0.25, 0.3) is 0 Å². The van der Waals surface area contributed by atoms with E-state index in [0.29, 0.717) is 6.42 Å². The van der Waals surface area contributed by atoms with Crippen molar-refractivity contribution in [3.05, 3.63) is 29.3 Å². The summed E-state index contributed by atoms with van der Waals surface area (Å²) in [6.45, 7) is 3.79. The molecule has 3 heteroatoms. The molecule has 0 heterocycles. The molecule has 0 aromatic heterocycles. The third-order valence-corrected chi connectivity index (χ3v) is 2.53. The van der Waals surface area contributed by atoms with Crippen molar-refractivity contribution in [3.8, 4) is 5.75 Å². The van der Waals surface area contributed by atoms with Gasteiger partial charge >= 0.3 is 5.97 Å². The summed E-state index contributed by atoms with van der Waals surface area (Å²) in [4.78, 5) is 11.0. The number of aliphatic carboxylic acids is 1. The third kappa shape index (κ3) is 2.49. The van der Waals surface area contributed by atoms with Gasteiger partial charge in [0.1, 0.15) is 5.75 Å². The first-order valence-electron chi connectivity index (χ1n) is 4.97. The molecule has 0 saturated heterocycles. The van der Waals surface area contributed by atoms with E-state index in [0.717, 1.165) is 16.9 Å². The molecule has 0 radical (unpaired) electrons. The molecule has 0 bridgehead atoms. The summed E-state index contributed by atoms with van der Waals surface area (Å²) in [7, 11) is 1.61. The van der Waals surface area contributed by atoms with Crippen LogP contribution in [0.3, 0.4) is 0 Å². The van der Waals surface area contributed by atoms with Crippen LogP contribution in [0.1, 0.15) is 30.4 Å². The van der Waals surface area contributed by atoms with Gasteiger partial charge in [-0.2, -0.15) is 0 Å². The van der Waals surface area contributed by atoms with E-state index in [-0.39, 0.29) is 0 Å². The minimum Gasteiger partial charge on any atom is -0.496 e. The zero-order chi connectivity index (χ0) is 11.4. The highest BCUT2D eigenvalue weighted by atomic mass is 16.5. The van der Waals surface area contributed by atoms with Gasteiger partial charge in [-0.15, -0.1) is 0 Å². The molecule has 82 valence electrons. The number of carbonyl (C=O) groups is 1. The Bertz CT molecular complexity index is 358. The third-order valence-electron chi connectivity index (χ3n) is 2.53. The second kappa shape index (κ2) is 4.82. The van der Waals surface area contributed by atoms with Gasteiger partial charge in [0.05, 0.1) is 13.0 Å². The molecule has 15 heavy (non-hydrogen) atoms. The molecule has 3 nitrogen and oxygen atoms in total. The summed E-state index contributed by atoms with van der Waals surface area (Å²) in [6, 6.07) is 5.51. The van der Waals surface area contributed by atoms with E-state index in [1.165, 1.54) is 0 Å². The average Bonchev–Trinajstić information content (AvgIpc) is 2.18. The Morgan fingerprint density at radius 1 is 1.53 bits per heavy atom. The number of carboxylic acid groups (broad SMARTS) is 1. The number of hydrogen-bond donors (Lipinski definition) is 1. The molecule has 0 aliphatic carbocycles. The van der Waals surface area contributed by atoms with Gasteiger partial charge in [-0.05, 0) is 30.5 Å². The fraction of sp³-hybridized carbons (Fsp3) is 0.417. The molecule has 0 saturated carbocycles. The minimum absolute atomic E-state index is 0.422. The summed E-state index contributed by atoms with van der Waals surface area (Å²) in [6.07, 6.45) is 0.598. The van der Waals surface area contributed by atoms with Crippen LogP contribution >= 0.6 is 0 Å². The van der Waals surface area contributed by atoms with Gasteiger partial charge in [-0.25, -0.2) is 0 Å². The van der Waals surface area contributed by atoms with Gasteiger partial charge in [0.15, 0.2) is 0 Å². The Kier molecular flexibility index (Phi) is 3.72. The molecular weight excluding hydrogens is 192 g/mol. The largest absolute Gasteiger partial charge is 0.496 e. The summed E-state index contributed by atoms with van der Waals surface area (Å²) < 4.78 is 5.13. The smallest absolute Gasteiger partial charge is 0.310 e. The van der Waals surface area contributed by atoms with Crippen LogP contribution in [-0.2, 0) is 4.79 Å². The Labute approximate surface area is 89.7 Å². The van der Waals surface area contributed by atoms with Crippen molar-refractivity contribution in [2.75, 3.05) is 7.11 Å². The summed E-state index contributed by atoms with van der Waals surface area (Å²) in [5.41, 5.74) is 1.80. The SMILES string of the molecule is CCC(C(=O)O)c1ccc(OC)c(C)c1. The van der Waals surface area contributed by atoms with Crippen molar-refractivity contribution >= 4 is 5.97 Å². The minimum atomic E-state index is -0.776. The maximum atomic E-state index is 11.0. The molecule has 0 aliphatic heterocycles.